The van der Waals surface area contributed by atoms with Crippen molar-refractivity contribution in [2.24, 2.45) is 0 Å². The topological polar surface area (TPSA) is 29.9 Å². The minimum absolute atomic E-state index is 0.803. The highest BCUT2D eigenvalue weighted by molar-refractivity contribution is 5.81. The highest BCUT2D eigenvalue weighted by Crippen LogP contribution is 2.18. The number of aryl methyl sites for hydroxylation is 1. The third-order valence-electron chi connectivity index (χ3n) is 3.14. The summed E-state index contributed by atoms with van der Waals surface area (Å²) in [5.74, 6) is 2.68. The maximum absolute atomic E-state index is 5.30. The summed E-state index contributed by atoms with van der Waals surface area (Å²) in [6.07, 6.45) is 8.22. The lowest BCUT2D eigenvalue weighted by atomic mass is 10.2. The summed E-state index contributed by atoms with van der Waals surface area (Å²) in [5, 5.41) is 9.38. The summed E-state index contributed by atoms with van der Waals surface area (Å²) in [6, 6.07) is 8.40. The number of unbranched alkanes of at least 4 members (excludes halogenated alkanes) is 1. The molecule has 0 aliphatic carbocycles. The molecule has 1 heterocycles. The summed E-state index contributed by atoms with van der Waals surface area (Å²) < 4.78 is 2.08. The SMILES string of the molecule is C#CCCCn1nc(CNCCC)c2ccccc21. The quantitative estimate of drug-likeness (QED) is 0.609. The zero-order valence-corrected chi connectivity index (χ0v) is 11.5. The molecule has 0 aliphatic heterocycles. The Bertz CT molecular complexity index is 563. The van der Waals surface area contributed by atoms with Gasteiger partial charge in [0.15, 0.2) is 0 Å². The molecule has 0 radical (unpaired) electrons. The van der Waals surface area contributed by atoms with E-state index >= 15 is 0 Å². The van der Waals surface area contributed by atoms with Crippen LogP contribution in [0.3, 0.4) is 0 Å². The molecule has 2 aromatic rings. The molecule has 19 heavy (non-hydrogen) atoms. The molecule has 0 spiro atoms. The molecule has 0 fully saturated rings. The fourth-order valence-electron chi connectivity index (χ4n) is 2.21. The molecule has 100 valence electrons. The van der Waals surface area contributed by atoms with Gasteiger partial charge in [-0.2, -0.15) is 5.10 Å². The van der Waals surface area contributed by atoms with E-state index in [1.165, 1.54) is 10.9 Å². The van der Waals surface area contributed by atoms with E-state index in [1.807, 2.05) is 0 Å². The van der Waals surface area contributed by atoms with Crippen molar-refractivity contribution in [3.63, 3.8) is 0 Å². The van der Waals surface area contributed by atoms with Gasteiger partial charge in [-0.25, -0.2) is 0 Å². The number of aromatic nitrogens is 2. The van der Waals surface area contributed by atoms with Crippen molar-refractivity contribution >= 4 is 10.9 Å². The number of hydrogen-bond donors (Lipinski definition) is 1. The second-order valence-corrected chi connectivity index (χ2v) is 4.67. The Hall–Kier alpha value is -1.79. The molecule has 1 aromatic heterocycles. The standard InChI is InChI=1S/C16H21N3/c1-3-5-8-12-19-16-10-7-6-9-14(16)15(18-19)13-17-11-4-2/h1,6-7,9-10,17H,4-5,8,11-13H2,2H3. The van der Waals surface area contributed by atoms with Crippen LogP contribution in [-0.2, 0) is 13.1 Å². The Morgan fingerprint density at radius 3 is 3.00 bits per heavy atom. The van der Waals surface area contributed by atoms with Crippen molar-refractivity contribution < 1.29 is 0 Å². The second-order valence-electron chi connectivity index (χ2n) is 4.67. The lowest BCUT2D eigenvalue weighted by Crippen LogP contribution is -2.14. The van der Waals surface area contributed by atoms with Gasteiger partial charge in [0.25, 0.3) is 0 Å². The van der Waals surface area contributed by atoms with E-state index in [2.05, 4.69) is 47.1 Å². The van der Waals surface area contributed by atoms with Crippen molar-refractivity contribution in [1.82, 2.24) is 15.1 Å². The fraction of sp³-hybridized carbons (Fsp3) is 0.438. The first kappa shape index (κ1) is 13.6. The van der Waals surface area contributed by atoms with Crippen molar-refractivity contribution in [3.8, 4) is 12.3 Å². The van der Waals surface area contributed by atoms with Gasteiger partial charge in [-0.1, -0.05) is 25.1 Å². The number of nitrogens with zero attached hydrogens (tertiary/aromatic N) is 2. The fourth-order valence-corrected chi connectivity index (χ4v) is 2.21. The third-order valence-corrected chi connectivity index (χ3v) is 3.14. The van der Waals surface area contributed by atoms with Crippen LogP contribution < -0.4 is 5.32 Å². The van der Waals surface area contributed by atoms with Gasteiger partial charge >= 0.3 is 0 Å². The molecule has 3 heteroatoms. The molecule has 0 saturated heterocycles. The Balaban J connectivity index is 2.19. The molecule has 1 N–H and O–H groups in total. The summed E-state index contributed by atoms with van der Waals surface area (Å²) in [4.78, 5) is 0. The van der Waals surface area contributed by atoms with E-state index in [1.54, 1.807) is 0 Å². The van der Waals surface area contributed by atoms with Crippen molar-refractivity contribution in [2.45, 2.75) is 39.3 Å². The van der Waals surface area contributed by atoms with Crippen LogP contribution in [0.5, 0.6) is 0 Å². The number of rotatable bonds is 7. The molecule has 0 amide bonds. The van der Waals surface area contributed by atoms with Crippen LogP contribution in [0, 0.1) is 12.3 Å². The van der Waals surface area contributed by atoms with E-state index < -0.39 is 0 Å². The predicted molar refractivity (Wildman–Crippen MR) is 79.8 cm³/mol. The number of hydrogen-bond acceptors (Lipinski definition) is 2. The molecule has 0 unspecified atom stereocenters. The average molecular weight is 255 g/mol. The van der Waals surface area contributed by atoms with Crippen LogP contribution in [0.1, 0.15) is 31.9 Å². The highest BCUT2D eigenvalue weighted by Gasteiger charge is 2.08. The average Bonchev–Trinajstić information content (AvgIpc) is 2.79. The normalized spacial score (nSPS) is 10.7. The second kappa shape index (κ2) is 6.96. The van der Waals surface area contributed by atoms with Crippen LogP contribution in [0.4, 0.5) is 0 Å². The first-order valence-corrected chi connectivity index (χ1v) is 6.95. The summed E-state index contributed by atoms with van der Waals surface area (Å²) >= 11 is 0. The molecular weight excluding hydrogens is 234 g/mol. The van der Waals surface area contributed by atoms with Gasteiger partial charge in [0.05, 0.1) is 11.2 Å². The van der Waals surface area contributed by atoms with Crippen molar-refractivity contribution in [1.29, 1.82) is 0 Å². The lowest BCUT2D eigenvalue weighted by molar-refractivity contribution is 0.584. The molecule has 0 aliphatic rings. The van der Waals surface area contributed by atoms with E-state index in [4.69, 9.17) is 11.5 Å². The van der Waals surface area contributed by atoms with Gasteiger partial charge in [0, 0.05) is 24.9 Å². The number of terminal acetylenes is 1. The highest BCUT2D eigenvalue weighted by atomic mass is 15.3. The first-order chi connectivity index (χ1) is 9.36. The smallest absolute Gasteiger partial charge is 0.0841 e. The number of nitrogens with one attached hydrogen (secondary N) is 1. The van der Waals surface area contributed by atoms with Crippen molar-refractivity contribution in [2.75, 3.05) is 6.54 Å². The van der Waals surface area contributed by atoms with Crippen LogP contribution in [-0.4, -0.2) is 16.3 Å². The molecule has 2 rings (SSSR count). The Labute approximate surface area is 115 Å². The molecule has 0 bridgehead atoms. The maximum Gasteiger partial charge on any atom is 0.0841 e. The van der Waals surface area contributed by atoms with E-state index in [-0.39, 0.29) is 0 Å². The summed E-state index contributed by atoms with van der Waals surface area (Å²) in [7, 11) is 0. The van der Waals surface area contributed by atoms with Gasteiger partial charge in [0.2, 0.25) is 0 Å². The van der Waals surface area contributed by atoms with Gasteiger partial charge < -0.3 is 5.32 Å². The van der Waals surface area contributed by atoms with E-state index in [0.29, 0.717) is 0 Å². The Kier molecular flexibility index (Phi) is 5.00. The number of benzene rings is 1. The van der Waals surface area contributed by atoms with Crippen LogP contribution in [0.2, 0.25) is 0 Å². The molecule has 3 nitrogen and oxygen atoms in total. The first-order valence-electron chi connectivity index (χ1n) is 6.95. The van der Waals surface area contributed by atoms with Gasteiger partial charge in [0.1, 0.15) is 0 Å². The van der Waals surface area contributed by atoms with Crippen LogP contribution in [0.25, 0.3) is 10.9 Å². The number of para-hydroxylation sites is 1. The van der Waals surface area contributed by atoms with E-state index in [0.717, 1.165) is 44.6 Å². The third kappa shape index (κ3) is 3.36. The molecule has 0 atom stereocenters. The van der Waals surface area contributed by atoms with Crippen molar-refractivity contribution in [3.05, 3.63) is 30.0 Å². The minimum atomic E-state index is 0.803. The van der Waals surface area contributed by atoms with Gasteiger partial charge in [-0.05, 0) is 25.5 Å². The van der Waals surface area contributed by atoms with Gasteiger partial charge in [-0.15, -0.1) is 12.3 Å². The number of fused-ring (bicyclic) bond motifs is 1. The summed E-state index contributed by atoms with van der Waals surface area (Å²) in [5.41, 5.74) is 2.33. The Morgan fingerprint density at radius 2 is 2.21 bits per heavy atom. The maximum atomic E-state index is 5.30. The molecule has 0 saturated carbocycles. The van der Waals surface area contributed by atoms with E-state index in [9.17, 15) is 0 Å². The monoisotopic (exact) mass is 255 g/mol. The minimum Gasteiger partial charge on any atom is -0.311 e. The lowest BCUT2D eigenvalue weighted by Gasteiger charge is -2.01. The largest absolute Gasteiger partial charge is 0.311 e. The van der Waals surface area contributed by atoms with Crippen LogP contribution >= 0.6 is 0 Å². The zero-order valence-electron chi connectivity index (χ0n) is 11.5. The predicted octanol–water partition coefficient (Wildman–Crippen LogP) is 2.95. The molecular formula is C16H21N3. The zero-order chi connectivity index (χ0) is 13.5. The van der Waals surface area contributed by atoms with Gasteiger partial charge in [-0.3, -0.25) is 4.68 Å². The van der Waals surface area contributed by atoms with Crippen LogP contribution in [0.15, 0.2) is 24.3 Å². The molecule has 1 aromatic carbocycles. The summed E-state index contributed by atoms with van der Waals surface area (Å²) in [6.45, 7) is 4.91. The Morgan fingerprint density at radius 1 is 1.37 bits per heavy atom.